The van der Waals surface area contributed by atoms with E-state index in [0.717, 1.165) is 16.5 Å². The van der Waals surface area contributed by atoms with Gasteiger partial charge < -0.3 is 18.9 Å². The number of para-hydroxylation sites is 1. The Kier molecular flexibility index (Phi) is 4.74. The van der Waals surface area contributed by atoms with Crippen molar-refractivity contribution in [2.75, 3.05) is 27.3 Å². The molecule has 1 aromatic heterocycles. The predicted molar refractivity (Wildman–Crippen MR) is 89.9 cm³/mol. The molecule has 0 N–H and O–H groups in total. The number of ether oxygens (including phenoxy) is 2. The zero-order chi connectivity index (χ0) is 18.0. The molecule has 7 nitrogen and oxygen atoms in total. The number of carbonyl (C=O) groups excluding carboxylic acids is 3. The van der Waals surface area contributed by atoms with Crippen LogP contribution >= 0.6 is 0 Å². The Morgan fingerprint density at radius 2 is 1.80 bits per heavy atom. The lowest BCUT2D eigenvalue weighted by Gasteiger charge is -2.14. The number of methoxy groups -OCH3 is 2. The zero-order valence-electron chi connectivity index (χ0n) is 14.2. The van der Waals surface area contributed by atoms with Crippen LogP contribution in [0.4, 0.5) is 0 Å². The Hall–Kier alpha value is -2.83. The lowest BCUT2D eigenvalue weighted by molar-refractivity contribution is -0.145. The van der Waals surface area contributed by atoms with E-state index in [-0.39, 0.29) is 30.9 Å². The van der Waals surface area contributed by atoms with Gasteiger partial charge in [0.25, 0.3) is 0 Å². The lowest BCUT2D eigenvalue weighted by atomic mass is 9.98. The second-order valence-electron chi connectivity index (χ2n) is 6.06. The number of esters is 2. The van der Waals surface area contributed by atoms with Crippen LogP contribution in [0.5, 0.6) is 0 Å². The summed E-state index contributed by atoms with van der Waals surface area (Å²) in [5.74, 6) is -0.856. The van der Waals surface area contributed by atoms with Crippen LogP contribution in [-0.2, 0) is 30.4 Å². The van der Waals surface area contributed by atoms with Crippen LogP contribution in [0.3, 0.4) is 0 Å². The van der Waals surface area contributed by atoms with Crippen LogP contribution in [0.15, 0.2) is 30.5 Å². The van der Waals surface area contributed by atoms with E-state index >= 15 is 0 Å². The quantitative estimate of drug-likeness (QED) is 0.764. The number of amides is 1. The normalized spacial score (nSPS) is 17.1. The van der Waals surface area contributed by atoms with E-state index in [4.69, 9.17) is 4.74 Å². The molecule has 2 heterocycles. The maximum absolute atomic E-state index is 12.2. The molecule has 1 aromatic carbocycles. The van der Waals surface area contributed by atoms with E-state index < -0.39 is 5.97 Å². The number of nitrogens with zero attached hydrogens (tertiary/aromatic N) is 2. The molecule has 3 rings (SSSR count). The first-order valence-corrected chi connectivity index (χ1v) is 8.02. The van der Waals surface area contributed by atoms with E-state index in [1.165, 1.54) is 19.1 Å². The highest BCUT2D eigenvalue weighted by Crippen LogP contribution is 2.34. The molecular weight excluding hydrogens is 324 g/mol. The molecule has 1 aliphatic rings. The first kappa shape index (κ1) is 17.0. The fourth-order valence-corrected chi connectivity index (χ4v) is 3.29. The summed E-state index contributed by atoms with van der Waals surface area (Å²) in [6.45, 7) is 0.538. The Labute approximate surface area is 145 Å². The maximum atomic E-state index is 12.2. The first-order valence-electron chi connectivity index (χ1n) is 8.02. The average molecular weight is 344 g/mol. The zero-order valence-corrected chi connectivity index (χ0v) is 14.2. The lowest BCUT2D eigenvalue weighted by Crippen LogP contribution is -2.31. The number of likely N-dealkylation sites (tertiary alicyclic amines) is 1. The fourth-order valence-electron chi connectivity index (χ4n) is 3.29. The van der Waals surface area contributed by atoms with Crippen LogP contribution in [0.25, 0.3) is 10.9 Å². The van der Waals surface area contributed by atoms with Crippen LogP contribution in [0.2, 0.25) is 0 Å². The molecule has 0 bridgehead atoms. The van der Waals surface area contributed by atoms with Gasteiger partial charge >= 0.3 is 11.9 Å². The summed E-state index contributed by atoms with van der Waals surface area (Å²) in [7, 11) is 2.66. The summed E-state index contributed by atoms with van der Waals surface area (Å²) in [6.07, 6.45) is 2.24. The van der Waals surface area contributed by atoms with Crippen molar-refractivity contribution >= 4 is 28.7 Å². The molecule has 1 unspecified atom stereocenters. The molecule has 132 valence electrons. The van der Waals surface area contributed by atoms with Crippen molar-refractivity contribution in [1.82, 2.24) is 9.47 Å². The fraction of sp³-hybridized carbons (Fsp3) is 0.389. The third-order valence-corrected chi connectivity index (χ3v) is 4.55. The molecule has 25 heavy (non-hydrogen) atoms. The van der Waals surface area contributed by atoms with E-state index in [9.17, 15) is 14.4 Å². The number of carbonyl (C=O) groups is 3. The van der Waals surface area contributed by atoms with E-state index in [1.54, 1.807) is 0 Å². The topological polar surface area (TPSA) is 77.8 Å². The molecule has 2 aromatic rings. The number of hydrogen-bond donors (Lipinski definition) is 0. The summed E-state index contributed by atoms with van der Waals surface area (Å²) in [6, 6.07) is 7.75. The Balaban J connectivity index is 1.90. The minimum atomic E-state index is -0.429. The van der Waals surface area contributed by atoms with Gasteiger partial charge in [-0.2, -0.15) is 0 Å². The van der Waals surface area contributed by atoms with Crippen LogP contribution in [0, 0.1) is 0 Å². The van der Waals surface area contributed by atoms with Crippen molar-refractivity contribution in [1.29, 1.82) is 0 Å². The largest absolute Gasteiger partial charge is 0.468 e. The summed E-state index contributed by atoms with van der Waals surface area (Å²) >= 11 is 0. The second kappa shape index (κ2) is 6.96. The number of hydrogen-bond acceptors (Lipinski definition) is 5. The minimum Gasteiger partial charge on any atom is -0.468 e. The molecule has 1 fully saturated rings. The van der Waals surface area contributed by atoms with Gasteiger partial charge in [0.2, 0.25) is 5.91 Å². The van der Waals surface area contributed by atoms with Gasteiger partial charge in [-0.3, -0.25) is 14.4 Å². The number of rotatable bonds is 5. The van der Waals surface area contributed by atoms with Gasteiger partial charge in [-0.1, -0.05) is 18.2 Å². The Morgan fingerprint density at radius 1 is 1.12 bits per heavy atom. The van der Waals surface area contributed by atoms with Gasteiger partial charge in [0.1, 0.15) is 13.1 Å². The van der Waals surface area contributed by atoms with Gasteiger partial charge in [-0.15, -0.1) is 0 Å². The summed E-state index contributed by atoms with van der Waals surface area (Å²) in [5, 5.41) is 1.00. The van der Waals surface area contributed by atoms with Crippen molar-refractivity contribution in [2.45, 2.75) is 18.9 Å². The van der Waals surface area contributed by atoms with Gasteiger partial charge in [-0.25, -0.2) is 0 Å². The van der Waals surface area contributed by atoms with Crippen molar-refractivity contribution in [3.63, 3.8) is 0 Å². The molecule has 0 spiro atoms. The molecule has 0 aliphatic carbocycles. The molecule has 1 atom stereocenters. The third kappa shape index (κ3) is 3.35. The summed E-state index contributed by atoms with van der Waals surface area (Å²) in [5.41, 5.74) is 1.92. The Bertz CT molecular complexity index is 826. The van der Waals surface area contributed by atoms with Gasteiger partial charge in [-0.05, 0) is 11.6 Å². The average Bonchev–Trinajstić information content (AvgIpc) is 3.16. The minimum absolute atomic E-state index is 0.0269. The number of benzene rings is 1. The summed E-state index contributed by atoms with van der Waals surface area (Å²) in [4.78, 5) is 36.8. The van der Waals surface area contributed by atoms with Gasteiger partial charge in [0, 0.05) is 36.0 Å². The molecule has 1 amide bonds. The van der Waals surface area contributed by atoms with Crippen LogP contribution in [-0.4, -0.2) is 54.6 Å². The van der Waals surface area contributed by atoms with Gasteiger partial charge in [0.05, 0.1) is 14.2 Å². The first-order chi connectivity index (χ1) is 12.0. The monoisotopic (exact) mass is 344 g/mol. The number of aromatic nitrogens is 1. The van der Waals surface area contributed by atoms with Crippen LogP contribution in [0.1, 0.15) is 17.9 Å². The standard InChI is InChI=1S/C18H20N2O5/c1-24-17(22)10-19-9-14(13-5-3-4-6-15(13)19)12-7-16(21)20(8-12)11-18(23)25-2/h3-6,9,12H,7-8,10-11H2,1-2H3. The van der Waals surface area contributed by atoms with Crippen LogP contribution < -0.4 is 0 Å². The SMILES string of the molecule is COC(=O)CN1CC(c2cn(CC(=O)OC)c3ccccc23)CC1=O. The third-order valence-electron chi connectivity index (χ3n) is 4.55. The predicted octanol–water partition coefficient (Wildman–Crippen LogP) is 1.30. The molecule has 0 saturated carbocycles. The van der Waals surface area contributed by atoms with Crippen molar-refractivity contribution in [3.05, 3.63) is 36.0 Å². The van der Waals surface area contributed by atoms with Crippen molar-refractivity contribution in [2.24, 2.45) is 0 Å². The Morgan fingerprint density at radius 3 is 2.52 bits per heavy atom. The highest BCUT2D eigenvalue weighted by molar-refractivity contribution is 5.89. The summed E-state index contributed by atoms with van der Waals surface area (Å²) < 4.78 is 11.2. The van der Waals surface area contributed by atoms with E-state index in [0.29, 0.717) is 13.0 Å². The second-order valence-corrected chi connectivity index (χ2v) is 6.06. The smallest absolute Gasteiger partial charge is 0.325 e. The molecule has 7 heteroatoms. The van der Waals surface area contributed by atoms with E-state index in [2.05, 4.69) is 4.74 Å². The van der Waals surface area contributed by atoms with Crippen molar-refractivity contribution < 1.29 is 23.9 Å². The molecular formula is C18H20N2O5. The molecule has 1 aliphatic heterocycles. The molecule has 0 radical (unpaired) electrons. The van der Waals surface area contributed by atoms with Crippen molar-refractivity contribution in [3.8, 4) is 0 Å². The highest BCUT2D eigenvalue weighted by Gasteiger charge is 2.33. The number of fused-ring (bicyclic) bond motifs is 1. The molecule has 1 saturated heterocycles. The van der Waals surface area contributed by atoms with Gasteiger partial charge in [0.15, 0.2) is 0 Å². The van der Waals surface area contributed by atoms with E-state index in [1.807, 2.05) is 35.0 Å². The highest BCUT2D eigenvalue weighted by atomic mass is 16.5. The maximum Gasteiger partial charge on any atom is 0.325 e.